The SMILES string of the molecule is NSc1ccc(-c2ncc(C(F)(F)F)cc2Cl)c(O)c1. The van der Waals surface area contributed by atoms with Gasteiger partial charge in [-0.1, -0.05) is 11.6 Å². The molecule has 1 aromatic heterocycles. The van der Waals surface area contributed by atoms with Gasteiger partial charge < -0.3 is 5.11 Å². The molecule has 0 aliphatic carbocycles. The third-order valence-electron chi connectivity index (χ3n) is 2.53. The Labute approximate surface area is 121 Å². The maximum atomic E-state index is 12.5. The topological polar surface area (TPSA) is 59.1 Å². The summed E-state index contributed by atoms with van der Waals surface area (Å²) in [5.74, 6) is -0.158. The highest BCUT2D eigenvalue weighted by Crippen LogP contribution is 2.37. The number of phenols is 1. The standard InChI is InChI=1S/C12H8ClF3N2OS/c13-9-3-6(12(14,15)16)5-18-11(9)8-2-1-7(20-17)4-10(8)19/h1-5,19H,17H2. The molecule has 3 nitrogen and oxygen atoms in total. The summed E-state index contributed by atoms with van der Waals surface area (Å²) in [5.41, 5.74) is -0.632. The van der Waals surface area contributed by atoms with Crippen molar-refractivity contribution < 1.29 is 18.3 Å². The smallest absolute Gasteiger partial charge is 0.417 e. The molecule has 0 radical (unpaired) electrons. The number of rotatable bonds is 2. The van der Waals surface area contributed by atoms with E-state index >= 15 is 0 Å². The number of phenolic OH excluding ortho intramolecular Hbond substituents is 1. The van der Waals surface area contributed by atoms with Crippen molar-refractivity contribution in [2.45, 2.75) is 11.1 Å². The summed E-state index contributed by atoms with van der Waals surface area (Å²) in [7, 11) is 0. The van der Waals surface area contributed by atoms with Crippen molar-refractivity contribution in [1.82, 2.24) is 4.98 Å². The first kappa shape index (κ1) is 15.0. The van der Waals surface area contributed by atoms with Crippen LogP contribution in [0.1, 0.15) is 5.56 Å². The van der Waals surface area contributed by atoms with Crippen molar-refractivity contribution in [3.63, 3.8) is 0 Å². The largest absolute Gasteiger partial charge is 0.507 e. The van der Waals surface area contributed by atoms with Gasteiger partial charge >= 0.3 is 6.18 Å². The van der Waals surface area contributed by atoms with Gasteiger partial charge in [0, 0.05) is 16.7 Å². The maximum absolute atomic E-state index is 12.5. The fraction of sp³-hybridized carbons (Fsp3) is 0.0833. The highest BCUT2D eigenvalue weighted by molar-refractivity contribution is 7.97. The molecule has 0 fully saturated rings. The lowest BCUT2D eigenvalue weighted by Crippen LogP contribution is -2.05. The lowest BCUT2D eigenvalue weighted by atomic mass is 10.1. The molecule has 0 saturated carbocycles. The second-order valence-electron chi connectivity index (χ2n) is 3.85. The van der Waals surface area contributed by atoms with Crippen LogP contribution in [0, 0.1) is 0 Å². The Morgan fingerprint density at radius 3 is 2.45 bits per heavy atom. The molecule has 20 heavy (non-hydrogen) atoms. The van der Waals surface area contributed by atoms with Crippen LogP contribution in [-0.4, -0.2) is 10.1 Å². The quantitative estimate of drug-likeness (QED) is 0.818. The molecule has 106 valence electrons. The van der Waals surface area contributed by atoms with E-state index in [2.05, 4.69) is 4.98 Å². The van der Waals surface area contributed by atoms with Gasteiger partial charge in [-0.15, -0.1) is 0 Å². The van der Waals surface area contributed by atoms with Crippen LogP contribution in [0.15, 0.2) is 35.4 Å². The van der Waals surface area contributed by atoms with Crippen molar-refractivity contribution in [3.8, 4) is 17.0 Å². The zero-order valence-electron chi connectivity index (χ0n) is 9.78. The van der Waals surface area contributed by atoms with Crippen LogP contribution in [0.3, 0.4) is 0 Å². The summed E-state index contributed by atoms with van der Waals surface area (Å²) in [4.78, 5) is 4.29. The number of hydrogen-bond acceptors (Lipinski definition) is 4. The van der Waals surface area contributed by atoms with Crippen LogP contribution in [0.4, 0.5) is 13.2 Å². The summed E-state index contributed by atoms with van der Waals surface area (Å²) in [6, 6.07) is 5.26. The summed E-state index contributed by atoms with van der Waals surface area (Å²) < 4.78 is 37.5. The van der Waals surface area contributed by atoms with Gasteiger partial charge in [0.05, 0.1) is 16.3 Å². The number of halogens is 4. The van der Waals surface area contributed by atoms with Gasteiger partial charge in [0.2, 0.25) is 0 Å². The number of hydrogen-bond donors (Lipinski definition) is 2. The van der Waals surface area contributed by atoms with Crippen molar-refractivity contribution in [1.29, 1.82) is 0 Å². The van der Waals surface area contributed by atoms with Crippen LogP contribution >= 0.6 is 23.5 Å². The Kier molecular flexibility index (Phi) is 4.12. The summed E-state index contributed by atoms with van der Waals surface area (Å²) in [6.45, 7) is 0. The van der Waals surface area contributed by atoms with Gasteiger partial charge in [-0.3, -0.25) is 10.1 Å². The fourth-order valence-electron chi connectivity index (χ4n) is 1.58. The number of nitrogens with two attached hydrogens (primary N) is 1. The number of benzene rings is 1. The molecule has 2 aromatic rings. The van der Waals surface area contributed by atoms with Gasteiger partial charge in [0.25, 0.3) is 0 Å². The van der Waals surface area contributed by atoms with Crippen molar-refractivity contribution in [2.75, 3.05) is 0 Å². The second kappa shape index (κ2) is 5.51. The number of nitrogens with zero attached hydrogens (tertiary/aromatic N) is 1. The maximum Gasteiger partial charge on any atom is 0.417 e. The van der Waals surface area contributed by atoms with Gasteiger partial charge in [0.1, 0.15) is 5.75 Å². The van der Waals surface area contributed by atoms with E-state index in [1.54, 1.807) is 6.07 Å². The van der Waals surface area contributed by atoms with Crippen LogP contribution in [0.5, 0.6) is 5.75 Å². The monoisotopic (exact) mass is 320 g/mol. The molecule has 3 N–H and O–H groups in total. The van der Waals surface area contributed by atoms with Crippen LogP contribution in [0.25, 0.3) is 11.3 Å². The molecule has 0 saturated heterocycles. The molecule has 0 aliphatic heterocycles. The van der Waals surface area contributed by atoms with Crippen molar-refractivity contribution in [3.05, 3.63) is 41.0 Å². The lowest BCUT2D eigenvalue weighted by molar-refractivity contribution is -0.137. The normalized spacial score (nSPS) is 11.7. The van der Waals surface area contributed by atoms with E-state index in [-0.39, 0.29) is 22.0 Å². The molecular formula is C12H8ClF3N2OS. The van der Waals surface area contributed by atoms with Gasteiger partial charge in [0.15, 0.2) is 0 Å². The average Bonchev–Trinajstić information content (AvgIpc) is 2.38. The summed E-state index contributed by atoms with van der Waals surface area (Å²) in [5, 5.41) is 15.0. The van der Waals surface area contributed by atoms with Crippen LogP contribution in [-0.2, 0) is 6.18 Å². The minimum atomic E-state index is -4.52. The minimum Gasteiger partial charge on any atom is -0.507 e. The molecule has 0 spiro atoms. The second-order valence-corrected chi connectivity index (χ2v) is 4.96. The molecular weight excluding hydrogens is 313 g/mol. The fourth-order valence-corrected chi connectivity index (χ4v) is 2.17. The minimum absolute atomic E-state index is 0.0748. The van der Waals surface area contributed by atoms with E-state index < -0.39 is 11.7 Å². The predicted octanol–water partition coefficient (Wildman–Crippen LogP) is 4.09. The average molecular weight is 321 g/mol. The molecule has 0 bridgehead atoms. The van der Waals surface area contributed by atoms with Crippen molar-refractivity contribution in [2.24, 2.45) is 5.14 Å². The summed E-state index contributed by atoms with van der Waals surface area (Å²) in [6.07, 6.45) is -3.84. The molecule has 0 unspecified atom stereocenters. The van der Waals surface area contributed by atoms with E-state index in [1.807, 2.05) is 0 Å². The highest BCUT2D eigenvalue weighted by Gasteiger charge is 2.31. The highest BCUT2D eigenvalue weighted by atomic mass is 35.5. The molecule has 1 heterocycles. The Morgan fingerprint density at radius 2 is 1.95 bits per heavy atom. The number of aromatic hydroxyl groups is 1. The lowest BCUT2D eigenvalue weighted by Gasteiger charge is -2.10. The Hall–Kier alpha value is -1.44. The van der Waals surface area contributed by atoms with Gasteiger partial charge in [-0.2, -0.15) is 13.2 Å². The number of aromatic nitrogens is 1. The van der Waals surface area contributed by atoms with E-state index in [0.29, 0.717) is 11.1 Å². The van der Waals surface area contributed by atoms with Crippen LogP contribution < -0.4 is 5.14 Å². The molecule has 0 aliphatic rings. The van der Waals surface area contributed by atoms with E-state index in [1.165, 1.54) is 12.1 Å². The Balaban J connectivity index is 2.49. The zero-order valence-corrected chi connectivity index (χ0v) is 11.4. The summed E-state index contributed by atoms with van der Waals surface area (Å²) >= 11 is 6.75. The first-order valence-electron chi connectivity index (χ1n) is 5.26. The van der Waals surface area contributed by atoms with E-state index in [0.717, 1.165) is 18.0 Å². The van der Waals surface area contributed by atoms with Crippen molar-refractivity contribution >= 4 is 23.5 Å². The molecule has 0 amide bonds. The van der Waals surface area contributed by atoms with E-state index in [4.69, 9.17) is 16.7 Å². The first-order chi connectivity index (χ1) is 9.32. The Morgan fingerprint density at radius 1 is 1.25 bits per heavy atom. The molecule has 2 rings (SSSR count). The number of alkyl halides is 3. The first-order valence-corrected chi connectivity index (χ1v) is 6.51. The Bertz CT molecular complexity index is 649. The third kappa shape index (κ3) is 3.00. The van der Waals surface area contributed by atoms with Gasteiger partial charge in [-0.25, -0.2) is 0 Å². The molecule has 0 atom stereocenters. The van der Waals surface area contributed by atoms with E-state index in [9.17, 15) is 18.3 Å². The molecule has 1 aromatic carbocycles. The number of pyridine rings is 1. The van der Waals surface area contributed by atoms with Crippen LogP contribution in [0.2, 0.25) is 5.02 Å². The molecule has 8 heteroatoms. The predicted molar refractivity (Wildman–Crippen MR) is 71.4 cm³/mol. The van der Waals surface area contributed by atoms with Gasteiger partial charge in [-0.05, 0) is 36.2 Å². The zero-order chi connectivity index (χ0) is 14.9. The third-order valence-corrected chi connectivity index (χ3v) is 3.34.